The summed E-state index contributed by atoms with van der Waals surface area (Å²) in [5.74, 6) is 0. The van der Waals surface area contributed by atoms with E-state index < -0.39 is 6.10 Å². The Morgan fingerprint density at radius 1 is 0.905 bits per heavy atom. The summed E-state index contributed by atoms with van der Waals surface area (Å²) in [6, 6.07) is 19.8. The van der Waals surface area contributed by atoms with Gasteiger partial charge in [-0.2, -0.15) is 0 Å². The Morgan fingerprint density at radius 3 is 2.24 bits per heavy atom. The van der Waals surface area contributed by atoms with Crippen molar-refractivity contribution in [1.82, 2.24) is 0 Å². The van der Waals surface area contributed by atoms with Gasteiger partial charge in [-0.05, 0) is 34.6 Å². The van der Waals surface area contributed by atoms with Crippen molar-refractivity contribution in [3.05, 3.63) is 82.4 Å². The van der Waals surface area contributed by atoms with E-state index in [1.807, 2.05) is 48.5 Å². The zero-order valence-electron chi connectivity index (χ0n) is 11.9. The topological polar surface area (TPSA) is 20.2 Å². The number of halogens is 1. The van der Waals surface area contributed by atoms with Gasteiger partial charge in [0, 0.05) is 10.4 Å². The molecule has 0 saturated heterocycles. The van der Waals surface area contributed by atoms with E-state index >= 15 is 0 Å². The first kappa shape index (κ1) is 14.1. The third-order valence-corrected chi connectivity index (χ3v) is 4.23. The molecule has 2 heteroatoms. The van der Waals surface area contributed by atoms with Crippen LogP contribution in [-0.4, -0.2) is 5.11 Å². The van der Waals surface area contributed by atoms with E-state index in [9.17, 15) is 5.11 Å². The largest absolute Gasteiger partial charge is 0.384 e. The van der Waals surface area contributed by atoms with Crippen molar-refractivity contribution in [3.8, 4) is 0 Å². The fourth-order valence-corrected chi connectivity index (χ4v) is 2.87. The molecule has 0 spiro atoms. The molecular weight excluding hydrogens is 280 g/mol. The predicted octanol–water partition coefficient (Wildman–Crippen LogP) is 5.14. The first-order chi connectivity index (χ1) is 10.2. The van der Waals surface area contributed by atoms with Crippen LogP contribution in [0, 0.1) is 0 Å². The van der Waals surface area contributed by atoms with Crippen LogP contribution in [0.15, 0.2) is 60.7 Å². The lowest BCUT2D eigenvalue weighted by Gasteiger charge is -2.15. The third kappa shape index (κ3) is 2.67. The number of aryl methyl sites for hydroxylation is 1. The van der Waals surface area contributed by atoms with Crippen LogP contribution in [0.2, 0.25) is 5.02 Å². The maximum atomic E-state index is 10.7. The van der Waals surface area contributed by atoms with Gasteiger partial charge in [0.1, 0.15) is 6.10 Å². The van der Waals surface area contributed by atoms with Crippen molar-refractivity contribution in [2.24, 2.45) is 0 Å². The second-order valence-corrected chi connectivity index (χ2v) is 5.59. The van der Waals surface area contributed by atoms with Gasteiger partial charge < -0.3 is 5.11 Å². The highest BCUT2D eigenvalue weighted by molar-refractivity contribution is 6.35. The molecule has 3 rings (SSSR count). The number of hydrogen-bond donors (Lipinski definition) is 1. The standard InChI is InChI=1S/C19H17ClO/c1-2-13-7-9-14(10-8-13)19(21)17-11-12-18(20)16-6-4-3-5-15(16)17/h3-12,19,21H,2H2,1H3. The molecule has 0 heterocycles. The number of aliphatic hydroxyl groups excluding tert-OH is 1. The average molecular weight is 297 g/mol. The molecule has 0 aliphatic carbocycles. The molecule has 0 radical (unpaired) electrons. The van der Waals surface area contributed by atoms with E-state index in [1.54, 1.807) is 0 Å². The Morgan fingerprint density at radius 2 is 1.57 bits per heavy atom. The minimum atomic E-state index is -0.641. The summed E-state index contributed by atoms with van der Waals surface area (Å²) in [6.07, 6.45) is 0.360. The number of rotatable bonds is 3. The molecule has 0 amide bonds. The number of aliphatic hydroxyl groups is 1. The van der Waals surface area contributed by atoms with Crippen LogP contribution in [0.4, 0.5) is 0 Å². The van der Waals surface area contributed by atoms with Crippen LogP contribution in [0.25, 0.3) is 10.8 Å². The van der Waals surface area contributed by atoms with E-state index in [4.69, 9.17) is 11.6 Å². The normalized spacial score (nSPS) is 12.5. The summed E-state index contributed by atoms with van der Waals surface area (Å²) >= 11 is 6.24. The molecule has 1 N–H and O–H groups in total. The Balaban J connectivity index is 2.08. The van der Waals surface area contributed by atoms with E-state index in [0.717, 1.165) is 28.3 Å². The second-order valence-electron chi connectivity index (χ2n) is 5.18. The molecule has 0 aliphatic heterocycles. The summed E-state index contributed by atoms with van der Waals surface area (Å²) in [5, 5.41) is 13.4. The summed E-state index contributed by atoms with van der Waals surface area (Å²) in [6.45, 7) is 2.12. The van der Waals surface area contributed by atoms with E-state index in [0.29, 0.717) is 5.02 Å². The van der Waals surface area contributed by atoms with Gasteiger partial charge in [-0.3, -0.25) is 0 Å². The SMILES string of the molecule is CCc1ccc(C(O)c2ccc(Cl)c3ccccc23)cc1. The smallest absolute Gasteiger partial charge is 0.105 e. The lowest BCUT2D eigenvalue weighted by atomic mass is 9.95. The zero-order chi connectivity index (χ0) is 14.8. The van der Waals surface area contributed by atoms with Gasteiger partial charge in [0.15, 0.2) is 0 Å². The Bertz CT molecular complexity index is 762. The molecule has 1 nitrogen and oxygen atoms in total. The van der Waals surface area contributed by atoms with Gasteiger partial charge in [0.2, 0.25) is 0 Å². The zero-order valence-corrected chi connectivity index (χ0v) is 12.6. The molecule has 3 aromatic rings. The summed E-state index contributed by atoms with van der Waals surface area (Å²) in [7, 11) is 0. The van der Waals surface area contributed by atoms with Gasteiger partial charge >= 0.3 is 0 Å². The van der Waals surface area contributed by atoms with Crippen LogP contribution in [0.3, 0.4) is 0 Å². The number of fused-ring (bicyclic) bond motifs is 1. The minimum Gasteiger partial charge on any atom is -0.384 e. The Hall–Kier alpha value is -1.83. The number of hydrogen-bond acceptors (Lipinski definition) is 1. The Labute approximate surface area is 129 Å². The van der Waals surface area contributed by atoms with E-state index in [-0.39, 0.29) is 0 Å². The molecule has 1 unspecified atom stereocenters. The van der Waals surface area contributed by atoms with Gasteiger partial charge in [0.05, 0.1) is 0 Å². The summed E-state index contributed by atoms with van der Waals surface area (Å²) in [4.78, 5) is 0. The van der Waals surface area contributed by atoms with Crippen LogP contribution < -0.4 is 0 Å². The lowest BCUT2D eigenvalue weighted by Crippen LogP contribution is -2.01. The highest BCUT2D eigenvalue weighted by atomic mass is 35.5. The van der Waals surface area contributed by atoms with Gasteiger partial charge in [-0.1, -0.05) is 73.1 Å². The van der Waals surface area contributed by atoms with Crippen molar-refractivity contribution in [2.45, 2.75) is 19.4 Å². The molecule has 1 atom stereocenters. The summed E-state index contributed by atoms with van der Waals surface area (Å²) < 4.78 is 0. The first-order valence-corrected chi connectivity index (χ1v) is 7.52. The molecule has 21 heavy (non-hydrogen) atoms. The minimum absolute atomic E-state index is 0.641. The molecule has 0 bridgehead atoms. The van der Waals surface area contributed by atoms with Crippen molar-refractivity contribution in [1.29, 1.82) is 0 Å². The Kier molecular flexibility index (Phi) is 3.96. The highest BCUT2D eigenvalue weighted by Crippen LogP contribution is 2.32. The quantitative estimate of drug-likeness (QED) is 0.710. The highest BCUT2D eigenvalue weighted by Gasteiger charge is 2.14. The summed E-state index contributed by atoms with van der Waals surface area (Å²) in [5.41, 5.74) is 3.06. The molecule has 106 valence electrons. The van der Waals surface area contributed by atoms with Gasteiger partial charge in [0.25, 0.3) is 0 Å². The fraction of sp³-hybridized carbons (Fsp3) is 0.158. The average Bonchev–Trinajstić information content (AvgIpc) is 2.55. The van der Waals surface area contributed by atoms with Crippen LogP contribution in [-0.2, 0) is 6.42 Å². The maximum absolute atomic E-state index is 10.7. The van der Waals surface area contributed by atoms with Crippen molar-refractivity contribution >= 4 is 22.4 Å². The maximum Gasteiger partial charge on any atom is 0.105 e. The van der Waals surface area contributed by atoms with Crippen LogP contribution in [0.1, 0.15) is 29.7 Å². The van der Waals surface area contributed by atoms with Gasteiger partial charge in [-0.15, -0.1) is 0 Å². The van der Waals surface area contributed by atoms with Gasteiger partial charge in [-0.25, -0.2) is 0 Å². The van der Waals surface area contributed by atoms with E-state index in [2.05, 4.69) is 19.1 Å². The van der Waals surface area contributed by atoms with Crippen LogP contribution in [0.5, 0.6) is 0 Å². The van der Waals surface area contributed by atoms with Crippen LogP contribution >= 0.6 is 11.6 Å². The first-order valence-electron chi connectivity index (χ1n) is 7.14. The molecule has 0 fully saturated rings. The van der Waals surface area contributed by atoms with Crippen molar-refractivity contribution < 1.29 is 5.11 Å². The molecule has 0 saturated carbocycles. The molecule has 0 aliphatic rings. The molecule has 3 aromatic carbocycles. The van der Waals surface area contributed by atoms with Crippen molar-refractivity contribution in [2.75, 3.05) is 0 Å². The predicted molar refractivity (Wildman–Crippen MR) is 88.8 cm³/mol. The molecule has 0 aromatic heterocycles. The third-order valence-electron chi connectivity index (χ3n) is 3.90. The monoisotopic (exact) mass is 296 g/mol. The van der Waals surface area contributed by atoms with E-state index in [1.165, 1.54) is 5.56 Å². The number of benzene rings is 3. The second kappa shape index (κ2) is 5.88. The fourth-order valence-electron chi connectivity index (χ4n) is 2.64. The molecular formula is C19H17ClO. The lowest BCUT2D eigenvalue weighted by molar-refractivity contribution is 0.222. The van der Waals surface area contributed by atoms with Crippen molar-refractivity contribution in [3.63, 3.8) is 0 Å².